The number of ether oxygens (including phenoxy) is 2. The van der Waals surface area contributed by atoms with Gasteiger partial charge in [-0.05, 0) is 61.4 Å². The first-order valence-corrected chi connectivity index (χ1v) is 14.5. The Bertz CT molecular complexity index is 1510. The first-order valence-electron chi connectivity index (χ1n) is 14.5. The Kier molecular flexibility index (Phi) is 9.08. The summed E-state index contributed by atoms with van der Waals surface area (Å²) in [6.07, 6.45) is 5.25. The summed E-state index contributed by atoms with van der Waals surface area (Å²) in [6.45, 7) is 6.65. The number of aromatic nitrogens is 6. The molecule has 4 aromatic rings. The van der Waals surface area contributed by atoms with E-state index < -0.39 is 0 Å². The third-order valence-corrected chi connectivity index (χ3v) is 7.77. The van der Waals surface area contributed by atoms with Gasteiger partial charge >= 0.3 is 5.97 Å². The van der Waals surface area contributed by atoms with Crippen LogP contribution in [0.4, 0.5) is 0 Å². The predicted octanol–water partition coefficient (Wildman–Crippen LogP) is 4.91. The largest absolute Gasteiger partial charge is 0.464 e. The summed E-state index contributed by atoms with van der Waals surface area (Å²) in [5.74, 6) is 0.166. The number of H-pyrrole nitrogens is 1. The Morgan fingerprint density at radius 1 is 1.05 bits per heavy atom. The molecule has 1 aliphatic heterocycles. The van der Waals surface area contributed by atoms with Crippen LogP contribution in [-0.4, -0.2) is 55.8 Å². The third-order valence-electron chi connectivity index (χ3n) is 7.77. The number of tetrazole rings is 1. The van der Waals surface area contributed by atoms with E-state index >= 15 is 0 Å². The van der Waals surface area contributed by atoms with Crippen LogP contribution in [0.3, 0.4) is 0 Å². The molecule has 0 spiro atoms. The molecule has 2 aromatic heterocycles. The van der Waals surface area contributed by atoms with Crippen LogP contribution in [0.15, 0.2) is 53.3 Å². The molecule has 0 fully saturated rings. The van der Waals surface area contributed by atoms with E-state index in [1.165, 1.54) is 0 Å². The molecule has 0 bridgehead atoms. The Hall–Kier alpha value is -4.05. The average Bonchev–Trinajstić information content (AvgIpc) is 3.62. The molecule has 0 saturated carbocycles. The molecule has 0 amide bonds. The number of rotatable bonds is 12. The van der Waals surface area contributed by atoms with Crippen LogP contribution in [0.1, 0.15) is 75.4 Å². The summed E-state index contributed by atoms with van der Waals surface area (Å²) < 4.78 is 14.8. The van der Waals surface area contributed by atoms with Crippen molar-refractivity contribution in [2.45, 2.75) is 71.4 Å². The molecule has 2 unspecified atom stereocenters. The van der Waals surface area contributed by atoms with Crippen molar-refractivity contribution in [3.8, 4) is 22.5 Å². The fourth-order valence-electron chi connectivity index (χ4n) is 5.76. The van der Waals surface area contributed by atoms with Crippen LogP contribution in [0, 0.1) is 0 Å². The number of carbonyl (C=O) groups is 1. The van der Waals surface area contributed by atoms with Crippen LogP contribution in [0.25, 0.3) is 22.5 Å². The Morgan fingerprint density at radius 3 is 2.54 bits per heavy atom. The van der Waals surface area contributed by atoms with Crippen molar-refractivity contribution in [3.05, 3.63) is 75.7 Å². The van der Waals surface area contributed by atoms with E-state index in [0.717, 1.165) is 65.6 Å². The quantitative estimate of drug-likeness (QED) is 0.246. The van der Waals surface area contributed by atoms with Gasteiger partial charge in [0.2, 0.25) is 5.82 Å². The monoisotopic (exact) mass is 558 g/mol. The second-order valence-corrected chi connectivity index (χ2v) is 10.6. The number of aromatic amines is 1. The lowest BCUT2D eigenvalue weighted by Gasteiger charge is -2.32. The number of esters is 1. The fourth-order valence-corrected chi connectivity index (χ4v) is 5.76. The minimum atomic E-state index is -0.382. The van der Waals surface area contributed by atoms with E-state index in [0.29, 0.717) is 25.5 Å². The van der Waals surface area contributed by atoms with E-state index in [4.69, 9.17) is 9.47 Å². The average molecular weight is 559 g/mol. The minimum Gasteiger partial charge on any atom is -0.464 e. The van der Waals surface area contributed by atoms with Gasteiger partial charge in [0.25, 0.3) is 5.56 Å². The van der Waals surface area contributed by atoms with Crippen molar-refractivity contribution < 1.29 is 14.3 Å². The maximum absolute atomic E-state index is 14.0. The highest BCUT2D eigenvalue weighted by atomic mass is 16.6. The lowest BCUT2D eigenvalue weighted by Crippen LogP contribution is -2.37. The lowest BCUT2D eigenvalue weighted by molar-refractivity contribution is -0.149. The van der Waals surface area contributed by atoms with Gasteiger partial charge < -0.3 is 9.47 Å². The number of fused-ring (bicyclic) bond motifs is 1. The number of benzene rings is 2. The normalized spacial score (nSPS) is 16.5. The molecule has 216 valence electrons. The molecule has 10 nitrogen and oxygen atoms in total. The molecule has 2 atom stereocenters. The van der Waals surface area contributed by atoms with Gasteiger partial charge in [-0.2, -0.15) is 5.21 Å². The van der Waals surface area contributed by atoms with Crippen molar-refractivity contribution in [2.75, 3.05) is 19.8 Å². The van der Waals surface area contributed by atoms with Crippen molar-refractivity contribution >= 4 is 5.97 Å². The smallest absolute Gasteiger partial charge is 0.332 e. The molecular weight excluding hydrogens is 520 g/mol. The zero-order valence-corrected chi connectivity index (χ0v) is 24.0. The van der Waals surface area contributed by atoms with Gasteiger partial charge in [-0.1, -0.05) is 61.9 Å². The zero-order valence-electron chi connectivity index (χ0n) is 24.0. The number of nitrogens with zero attached hydrogens (tertiary/aromatic N) is 5. The van der Waals surface area contributed by atoms with Crippen LogP contribution in [0.2, 0.25) is 0 Å². The van der Waals surface area contributed by atoms with Gasteiger partial charge in [-0.3, -0.25) is 9.48 Å². The Morgan fingerprint density at radius 2 is 1.83 bits per heavy atom. The summed E-state index contributed by atoms with van der Waals surface area (Å²) in [5.41, 5.74) is 6.04. The topological polar surface area (TPSA) is 117 Å². The highest BCUT2D eigenvalue weighted by Crippen LogP contribution is 2.33. The van der Waals surface area contributed by atoms with Crippen molar-refractivity contribution in [1.29, 1.82) is 0 Å². The number of carbonyl (C=O) groups excluding carboxylic acids is 1. The van der Waals surface area contributed by atoms with E-state index in [1.807, 2.05) is 28.9 Å². The molecule has 0 radical (unpaired) electrons. The van der Waals surface area contributed by atoms with E-state index in [-0.39, 0.29) is 30.2 Å². The molecule has 1 aliphatic rings. The first-order chi connectivity index (χ1) is 20.0. The van der Waals surface area contributed by atoms with Gasteiger partial charge in [0.1, 0.15) is 6.61 Å². The fraction of sp³-hybridized carbons (Fsp3) is 0.452. The molecule has 5 rings (SSSR count). The van der Waals surface area contributed by atoms with E-state index in [1.54, 1.807) is 6.92 Å². The zero-order chi connectivity index (χ0) is 28.8. The Balaban J connectivity index is 1.43. The summed E-state index contributed by atoms with van der Waals surface area (Å²) in [5, 5.41) is 14.5. The highest BCUT2D eigenvalue weighted by Gasteiger charge is 2.31. The molecule has 2 aromatic carbocycles. The van der Waals surface area contributed by atoms with Crippen LogP contribution >= 0.6 is 0 Å². The number of unbranched alkanes of at least 4 members (excludes halogenated alkanes) is 1. The van der Waals surface area contributed by atoms with Crippen LogP contribution < -0.4 is 5.56 Å². The van der Waals surface area contributed by atoms with Crippen LogP contribution in [-0.2, 0) is 27.1 Å². The van der Waals surface area contributed by atoms with E-state index in [2.05, 4.69) is 63.4 Å². The second-order valence-electron chi connectivity index (χ2n) is 10.6. The van der Waals surface area contributed by atoms with Crippen LogP contribution in [0.5, 0.6) is 0 Å². The summed E-state index contributed by atoms with van der Waals surface area (Å²) in [6, 6.07) is 16.4. The highest BCUT2D eigenvalue weighted by molar-refractivity contribution is 5.80. The van der Waals surface area contributed by atoms with Gasteiger partial charge in [0, 0.05) is 29.3 Å². The maximum atomic E-state index is 14.0. The molecule has 0 aliphatic carbocycles. The molecule has 0 saturated heterocycles. The van der Waals surface area contributed by atoms with Gasteiger partial charge in [0.15, 0.2) is 0 Å². The van der Waals surface area contributed by atoms with Gasteiger partial charge in [-0.15, -0.1) is 10.2 Å². The summed E-state index contributed by atoms with van der Waals surface area (Å²) in [7, 11) is 0. The lowest BCUT2D eigenvalue weighted by atomic mass is 9.96. The number of nitrogens with one attached hydrogen (secondary N) is 1. The third kappa shape index (κ3) is 6.17. The Labute approximate surface area is 239 Å². The molecule has 41 heavy (non-hydrogen) atoms. The van der Waals surface area contributed by atoms with Crippen molar-refractivity contribution in [1.82, 2.24) is 30.0 Å². The van der Waals surface area contributed by atoms with Crippen molar-refractivity contribution in [3.63, 3.8) is 0 Å². The molecular formula is C31H38N6O4. The molecule has 10 heteroatoms. The second kappa shape index (κ2) is 13.1. The standard InChI is InChI=1S/C31H38N6O4/c1-4-6-11-28-27(31(39)37-24(17-12-21(3)36(28)37)19-40-20-29(38)41-5-2)18-22-13-15-23(16-14-22)25-9-7-8-10-26(25)30-32-34-35-33-30/h7-10,13-16,21,24H,4-6,11-12,17-20H2,1-3H3,(H,32,33,34,35). The summed E-state index contributed by atoms with van der Waals surface area (Å²) >= 11 is 0. The maximum Gasteiger partial charge on any atom is 0.332 e. The first kappa shape index (κ1) is 28.5. The number of hydrogen-bond acceptors (Lipinski definition) is 7. The van der Waals surface area contributed by atoms with Gasteiger partial charge in [-0.25, -0.2) is 9.48 Å². The van der Waals surface area contributed by atoms with Crippen molar-refractivity contribution in [2.24, 2.45) is 0 Å². The molecule has 1 N–H and O–H groups in total. The van der Waals surface area contributed by atoms with E-state index in [9.17, 15) is 9.59 Å². The predicted molar refractivity (Wildman–Crippen MR) is 156 cm³/mol. The summed E-state index contributed by atoms with van der Waals surface area (Å²) in [4.78, 5) is 25.8. The van der Waals surface area contributed by atoms with Gasteiger partial charge in [0.05, 0.1) is 19.3 Å². The molecule has 3 heterocycles. The minimum absolute atomic E-state index is 0.0407. The SMILES string of the molecule is CCCCc1c(Cc2ccc(-c3ccccc3-c3nn[nH]n3)cc2)c(=O)n2n1C(C)CCC2COCC(=O)OCC. The number of hydrogen-bond donors (Lipinski definition) is 1.